The largest absolute Gasteiger partial charge is 0.369 e. The third-order valence-corrected chi connectivity index (χ3v) is 2.19. The number of carbonyl (C=O) groups excluding carboxylic acids is 1. The quantitative estimate of drug-likeness (QED) is 0.694. The van der Waals surface area contributed by atoms with Crippen LogP contribution in [0.15, 0.2) is 0 Å². The number of hydrogen-bond donors (Lipinski definition) is 1. The van der Waals surface area contributed by atoms with E-state index in [-0.39, 0.29) is 6.42 Å². The molecule has 5 atom stereocenters. The highest BCUT2D eigenvalue weighted by atomic mass is 19.2. The maximum atomic E-state index is 13.2. The molecule has 5 unspecified atom stereocenters. The molecular formula is C9H15F4NO. The first-order valence-electron chi connectivity index (χ1n) is 4.68. The zero-order chi connectivity index (χ0) is 12.2. The lowest BCUT2D eigenvalue weighted by Crippen LogP contribution is -2.45. The highest BCUT2D eigenvalue weighted by Gasteiger charge is 2.41. The van der Waals surface area contributed by atoms with Crippen molar-refractivity contribution in [1.82, 2.24) is 0 Å². The van der Waals surface area contributed by atoms with Gasteiger partial charge in [-0.1, -0.05) is 6.92 Å². The monoisotopic (exact) mass is 229 g/mol. The Morgan fingerprint density at radius 1 is 1.20 bits per heavy atom. The van der Waals surface area contributed by atoms with E-state index in [1.807, 2.05) is 0 Å². The molecule has 0 aromatic rings. The van der Waals surface area contributed by atoms with E-state index in [4.69, 9.17) is 5.73 Å². The second kappa shape index (κ2) is 5.92. The molecule has 0 rings (SSSR count). The predicted molar refractivity (Wildman–Crippen MR) is 48.2 cm³/mol. The second-order valence-electron chi connectivity index (χ2n) is 3.42. The van der Waals surface area contributed by atoms with E-state index in [9.17, 15) is 22.4 Å². The van der Waals surface area contributed by atoms with E-state index < -0.39 is 36.5 Å². The lowest BCUT2D eigenvalue weighted by molar-refractivity contribution is -0.129. The maximum Gasteiger partial charge on any atom is 0.226 e. The van der Waals surface area contributed by atoms with Crippen LogP contribution in [0.2, 0.25) is 0 Å². The van der Waals surface area contributed by atoms with Crippen molar-refractivity contribution in [3.63, 3.8) is 0 Å². The fourth-order valence-corrected chi connectivity index (χ4v) is 1.23. The molecule has 0 aliphatic heterocycles. The van der Waals surface area contributed by atoms with Crippen molar-refractivity contribution in [3.8, 4) is 0 Å². The van der Waals surface area contributed by atoms with Crippen molar-refractivity contribution < 1.29 is 22.4 Å². The third kappa shape index (κ3) is 3.68. The van der Waals surface area contributed by atoms with Gasteiger partial charge in [0.25, 0.3) is 0 Å². The summed E-state index contributed by atoms with van der Waals surface area (Å²) in [7, 11) is 0. The summed E-state index contributed by atoms with van der Waals surface area (Å²) in [5.74, 6) is -3.43. The summed E-state index contributed by atoms with van der Waals surface area (Å²) < 4.78 is 51.8. The Hall–Kier alpha value is -0.810. The van der Waals surface area contributed by atoms with Gasteiger partial charge in [0, 0.05) is 0 Å². The smallest absolute Gasteiger partial charge is 0.226 e. The van der Waals surface area contributed by atoms with E-state index in [2.05, 4.69) is 0 Å². The number of hydrogen-bond acceptors (Lipinski definition) is 1. The van der Waals surface area contributed by atoms with E-state index in [0.29, 0.717) is 0 Å². The minimum Gasteiger partial charge on any atom is -0.369 e. The van der Waals surface area contributed by atoms with Crippen LogP contribution in [0.4, 0.5) is 17.6 Å². The van der Waals surface area contributed by atoms with Crippen LogP contribution in [0.5, 0.6) is 0 Å². The van der Waals surface area contributed by atoms with Crippen LogP contribution >= 0.6 is 0 Å². The first-order chi connectivity index (χ1) is 6.82. The first-order valence-corrected chi connectivity index (χ1v) is 4.68. The number of nitrogens with two attached hydrogens (primary N) is 1. The van der Waals surface area contributed by atoms with Crippen molar-refractivity contribution >= 4 is 5.91 Å². The highest BCUT2D eigenvalue weighted by Crippen LogP contribution is 2.25. The summed E-state index contributed by atoms with van der Waals surface area (Å²) in [6.07, 6.45) is -9.12. The Bertz CT molecular complexity index is 212. The molecule has 0 aromatic carbocycles. The summed E-state index contributed by atoms with van der Waals surface area (Å²) in [5.41, 5.74) is 4.72. The van der Waals surface area contributed by atoms with Gasteiger partial charge in [-0.15, -0.1) is 0 Å². The predicted octanol–water partition coefficient (Wildman–Crippen LogP) is 1.87. The van der Waals surface area contributed by atoms with Crippen molar-refractivity contribution in [2.75, 3.05) is 0 Å². The molecule has 0 heterocycles. The number of carbonyl (C=O) groups is 1. The van der Waals surface area contributed by atoms with E-state index in [1.165, 1.54) is 6.92 Å². The molecule has 0 saturated heterocycles. The molecule has 1 amide bonds. The Morgan fingerprint density at radius 2 is 1.67 bits per heavy atom. The molecule has 0 aliphatic rings. The molecule has 0 saturated carbocycles. The zero-order valence-corrected chi connectivity index (χ0v) is 8.59. The van der Waals surface area contributed by atoms with Crippen LogP contribution in [-0.4, -0.2) is 30.6 Å². The standard InChI is InChI=1S/C9H15F4NO/c1-3-5(11)8(13)6(9(14)15)7(12)4(2)10/h4-8H,3H2,1-2H3,(H2,14,15). The summed E-state index contributed by atoms with van der Waals surface area (Å²) >= 11 is 0. The SMILES string of the molecule is CCC(F)C(F)C(C(N)=O)C(F)C(C)F. The molecule has 90 valence electrons. The second-order valence-corrected chi connectivity index (χ2v) is 3.42. The summed E-state index contributed by atoms with van der Waals surface area (Å²) in [6.45, 7) is 2.16. The maximum absolute atomic E-state index is 13.2. The highest BCUT2D eigenvalue weighted by molar-refractivity contribution is 5.78. The van der Waals surface area contributed by atoms with Crippen molar-refractivity contribution in [2.24, 2.45) is 11.7 Å². The number of amides is 1. The van der Waals surface area contributed by atoms with Gasteiger partial charge in [0.2, 0.25) is 5.91 Å². The van der Waals surface area contributed by atoms with Gasteiger partial charge < -0.3 is 5.73 Å². The van der Waals surface area contributed by atoms with Gasteiger partial charge in [-0.2, -0.15) is 0 Å². The van der Waals surface area contributed by atoms with Crippen LogP contribution in [0.25, 0.3) is 0 Å². The van der Waals surface area contributed by atoms with Crippen molar-refractivity contribution in [2.45, 2.75) is 45.0 Å². The molecule has 0 aliphatic carbocycles. The third-order valence-electron chi connectivity index (χ3n) is 2.19. The Labute approximate surface area is 85.8 Å². The van der Waals surface area contributed by atoms with E-state index in [0.717, 1.165) is 6.92 Å². The average Bonchev–Trinajstić information content (AvgIpc) is 2.15. The Kier molecular flexibility index (Phi) is 5.60. The van der Waals surface area contributed by atoms with Crippen molar-refractivity contribution in [3.05, 3.63) is 0 Å². The summed E-state index contributed by atoms with van der Waals surface area (Å²) in [5, 5.41) is 0. The summed E-state index contributed by atoms with van der Waals surface area (Å²) in [6, 6.07) is 0. The van der Waals surface area contributed by atoms with Gasteiger partial charge in [0.05, 0.1) is 0 Å². The molecular weight excluding hydrogens is 214 g/mol. The van der Waals surface area contributed by atoms with Gasteiger partial charge in [0.1, 0.15) is 30.6 Å². The van der Waals surface area contributed by atoms with Gasteiger partial charge in [0.15, 0.2) is 0 Å². The topological polar surface area (TPSA) is 43.1 Å². The molecule has 0 aromatic heterocycles. The normalized spacial score (nSPS) is 21.5. The molecule has 2 nitrogen and oxygen atoms in total. The van der Waals surface area contributed by atoms with E-state index in [1.54, 1.807) is 0 Å². The van der Waals surface area contributed by atoms with Crippen LogP contribution in [0, 0.1) is 5.92 Å². The molecule has 6 heteroatoms. The van der Waals surface area contributed by atoms with E-state index >= 15 is 0 Å². The van der Waals surface area contributed by atoms with Crippen LogP contribution in [0.1, 0.15) is 20.3 Å². The minimum absolute atomic E-state index is 0.224. The van der Waals surface area contributed by atoms with Gasteiger partial charge in [-0.25, -0.2) is 17.6 Å². The Balaban J connectivity index is 4.73. The minimum atomic E-state index is -2.41. The fraction of sp³-hybridized carbons (Fsp3) is 0.889. The van der Waals surface area contributed by atoms with Gasteiger partial charge in [-0.05, 0) is 13.3 Å². The number of rotatable bonds is 6. The number of alkyl halides is 4. The van der Waals surface area contributed by atoms with Crippen LogP contribution < -0.4 is 5.73 Å². The molecule has 0 spiro atoms. The average molecular weight is 229 g/mol. The number of primary amides is 1. The first kappa shape index (κ1) is 14.2. The lowest BCUT2D eigenvalue weighted by atomic mass is 9.91. The molecule has 0 fully saturated rings. The molecule has 2 N–H and O–H groups in total. The summed E-state index contributed by atoms with van der Waals surface area (Å²) in [4.78, 5) is 10.7. The molecule has 0 bridgehead atoms. The number of halogens is 4. The lowest BCUT2D eigenvalue weighted by Gasteiger charge is -2.24. The molecule has 15 heavy (non-hydrogen) atoms. The van der Waals surface area contributed by atoms with Crippen molar-refractivity contribution in [1.29, 1.82) is 0 Å². The fourth-order valence-electron chi connectivity index (χ4n) is 1.23. The van der Waals surface area contributed by atoms with Gasteiger partial charge in [-0.3, -0.25) is 4.79 Å². The molecule has 0 radical (unpaired) electrons. The Morgan fingerprint density at radius 3 is 1.93 bits per heavy atom. The zero-order valence-electron chi connectivity index (χ0n) is 8.59. The van der Waals surface area contributed by atoms with Gasteiger partial charge >= 0.3 is 0 Å². The van der Waals surface area contributed by atoms with Crippen LogP contribution in [-0.2, 0) is 4.79 Å². The van der Waals surface area contributed by atoms with Crippen LogP contribution in [0.3, 0.4) is 0 Å².